The molecule has 0 saturated carbocycles. The van der Waals surface area contributed by atoms with Gasteiger partial charge in [-0.1, -0.05) is 0 Å². The Hall–Kier alpha value is -3.41. The largest absolute Gasteiger partial charge is 0.465 e. The van der Waals surface area contributed by atoms with Gasteiger partial charge >= 0.3 is 6.09 Å². The summed E-state index contributed by atoms with van der Waals surface area (Å²) in [5, 5.41) is 20.7. The molecule has 142 valence electrons. The average Bonchev–Trinajstić information content (AvgIpc) is 3.08. The number of amides is 2. The fourth-order valence-corrected chi connectivity index (χ4v) is 2.63. The summed E-state index contributed by atoms with van der Waals surface area (Å²) in [5.74, 6) is -2.07. The van der Waals surface area contributed by atoms with Crippen LogP contribution in [0.5, 0.6) is 0 Å². The Balaban J connectivity index is 2.12. The molecule has 1 aromatic rings. The monoisotopic (exact) mass is 373 g/mol. The fraction of sp³-hybridized carbons (Fsp3) is 0.333. The van der Waals surface area contributed by atoms with Crippen molar-refractivity contribution in [2.75, 3.05) is 26.0 Å². The van der Waals surface area contributed by atoms with Gasteiger partial charge in [0.15, 0.2) is 5.83 Å². The Morgan fingerprint density at radius 3 is 2.85 bits per heavy atom. The van der Waals surface area contributed by atoms with Crippen molar-refractivity contribution in [1.29, 1.82) is 5.26 Å². The molecule has 2 amide bonds. The van der Waals surface area contributed by atoms with Crippen LogP contribution in [0.15, 0.2) is 35.1 Å². The molecule has 0 aromatic heterocycles. The van der Waals surface area contributed by atoms with E-state index in [1.54, 1.807) is 25.1 Å². The van der Waals surface area contributed by atoms with Crippen molar-refractivity contribution in [2.45, 2.75) is 18.9 Å². The summed E-state index contributed by atoms with van der Waals surface area (Å²) < 4.78 is 14.2. The number of nitrogens with one attached hydrogen (secondary N) is 1. The number of benzene rings is 1. The zero-order valence-electron chi connectivity index (χ0n) is 15.0. The first-order valence-electron chi connectivity index (χ1n) is 8.25. The molecular weight excluding hydrogens is 353 g/mol. The summed E-state index contributed by atoms with van der Waals surface area (Å²) in [5.41, 5.74) is 0.886. The van der Waals surface area contributed by atoms with E-state index in [0.717, 1.165) is 11.0 Å². The lowest BCUT2D eigenvalue weighted by Crippen LogP contribution is -2.33. The number of anilines is 1. The van der Waals surface area contributed by atoms with Crippen LogP contribution in [-0.4, -0.2) is 59.9 Å². The Morgan fingerprint density at radius 1 is 1.48 bits per heavy atom. The molecule has 0 bridgehead atoms. The Kier molecular flexibility index (Phi) is 6.49. The molecule has 8 nitrogen and oxygen atoms in total. The molecule has 1 atom stereocenters. The molecule has 1 saturated heterocycles. The molecule has 9 heteroatoms. The molecular formula is C18H20FN5O3. The fourth-order valence-electron chi connectivity index (χ4n) is 2.63. The van der Waals surface area contributed by atoms with E-state index in [1.807, 2.05) is 6.07 Å². The van der Waals surface area contributed by atoms with Gasteiger partial charge in [-0.05, 0) is 37.1 Å². The minimum Gasteiger partial charge on any atom is -0.465 e. The number of carbonyl (C=O) groups is 2. The van der Waals surface area contributed by atoms with Gasteiger partial charge in [0.25, 0.3) is 5.91 Å². The van der Waals surface area contributed by atoms with Gasteiger partial charge in [-0.3, -0.25) is 4.79 Å². The van der Waals surface area contributed by atoms with E-state index in [-0.39, 0.29) is 11.3 Å². The normalized spacial score (nSPS) is 17.0. The number of hydrogen-bond acceptors (Lipinski definition) is 4. The van der Waals surface area contributed by atoms with Crippen LogP contribution in [0.4, 0.5) is 20.6 Å². The molecule has 0 aliphatic carbocycles. The summed E-state index contributed by atoms with van der Waals surface area (Å²) in [7, 11) is 3.57. The zero-order chi connectivity index (χ0) is 20.0. The Morgan fingerprint density at radius 2 is 2.22 bits per heavy atom. The van der Waals surface area contributed by atoms with Crippen LogP contribution < -0.4 is 5.32 Å². The van der Waals surface area contributed by atoms with Gasteiger partial charge in [0, 0.05) is 26.3 Å². The van der Waals surface area contributed by atoms with Crippen molar-refractivity contribution < 1.29 is 19.1 Å². The second-order valence-electron chi connectivity index (χ2n) is 6.21. The van der Waals surface area contributed by atoms with Gasteiger partial charge in [0.1, 0.15) is 6.07 Å². The summed E-state index contributed by atoms with van der Waals surface area (Å²) in [6, 6.07) is 5.76. The van der Waals surface area contributed by atoms with Gasteiger partial charge in [0.05, 0.1) is 23.6 Å². The molecule has 1 fully saturated rings. The van der Waals surface area contributed by atoms with E-state index in [4.69, 9.17) is 5.11 Å². The minimum atomic E-state index is -1.14. The maximum absolute atomic E-state index is 14.2. The first-order chi connectivity index (χ1) is 12.8. The highest BCUT2D eigenvalue weighted by atomic mass is 19.1. The van der Waals surface area contributed by atoms with Gasteiger partial charge in [-0.2, -0.15) is 5.26 Å². The van der Waals surface area contributed by atoms with E-state index < -0.39 is 23.9 Å². The smallest absolute Gasteiger partial charge is 0.407 e. The predicted octanol–water partition coefficient (Wildman–Crippen LogP) is 2.71. The highest BCUT2D eigenvalue weighted by Gasteiger charge is 2.28. The topological polar surface area (TPSA) is 109 Å². The lowest BCUT2D eigenvalue weighted by Gasteiger charge is -2.18. The average molecular weight is 373 g/mol. The quantitative estimate of drug-likeness (QED) is 0.469. The standard InChI is InChI=1S/C18H20FN5O3/c1-23(2)11-21-16-6-5-13(8-12(16)10-20)22-17(25)15(19)9-14-4-3-7-24(14)18(26)27/h5-6,8-9,11,14H,3-4,7H2,1-2H3,(H,22,25)(H,26,27)/b15-9+,21-11?/t14-/m1/s1. The number of hydrogen-bond donors (Lipinski definition) is 2. The van der Waals surface area contributed by atoms with Crippen molar-refractivity contribution in [3.8, 4) is 6.07 Å². The van der Waals surface area contributed by atoms with Crippen LogP contribution in [0.3, 0.4) is 0 Å². The van der Waals surface area contributed by atoms with Crippen molar-refractivity contribution in [3.05, 3.63) is 35.7 Å². The lowest BCUT2D eigenvalue weighted by molar-refractivity contribution is -0.114. The van der Waals surface area contributed by atoms with Gasteiger partial charge in [-0.25, -0.2) is 14.2 Å². The third-order valence-electron chi connectivity index (χ3n) is 3.90. The first-order valence-corrected chi connectivity index (χ1v) is 8.25. The van der Waals surface area contributed by atoms with Crippen LogP contribution in [0.1, 0.15) is 18.4 Å². The number of nitrogens with zero attached hydrogens (tertiary/aromatic N) is 4. The molecule has 1 aliphatic rings. The Labute approximate surface area is 156 Å². The third-order valence-corrected chi connectivity index (χ3v) is 3.90. The zero-order valence-corrected chi connectivity index (χ0v) is 15.0. The van der Waals surface area contributed by atoms with Crippen LogP contribution >= 0.6 is 0 Å². The lowest BCUT2D eigenvalue weighted by atomic mass is 10.1. The van der Waals surface area contributed by atoms with Crippen molar-refractivity contribution in [2.24, 2.45) is 4.99 Å². The number of nitriles is 1. The SMILES string of the molecule is CN(C)C=Nc1ccc(NC(=O)/C(F)=C\[C@H]2CCCN2C(=O)O)cc1C#N. The highest BCUT2D eigenvalue weighted by molar-refractivity contribution is 6.02. The third kappa shape index (κ3) is 5.28. The second-order valence-corrected chi connectivity index (χ2v) is 6.21. The molecule has 0 radical (unpaired) electrons. The van der Waals surface area contributed by atoms with Gasteiger partial charge in [0.2, 0.25) is 0 Å². The number of rotatable bonds is 5. The van der Waals surface area contributed by atoms with E-state index in [1.165, 1.54) is 18.5 Å². The van der Waals surface area contributed by atoms with E-state index in [2.05, 4.69) is 10.3 Å². The van der Waals surface area contributed by atoms with E-state index >= 15 is 0 Å². The molecule has 1 heterocycles. The van der Waals surface area contributed by atoms with Crippen molar-refractivity contribution >= 4 is 29.7 Å². The molecule has 0 unspecified atom stereocenters. The maximum atomic E-state index is 14.2. The number of likely N-dealkylation sites (tertiary alicyclic amines) is 1. The van der Waals surface area contributed by atoms with Crippen LogP contribution in [-0.2, 0) is 4.79 Å². The molecule has 1 aromatic carbocycles. The predicted molar refractivity (Wildman–Crippen MR) is 98.6 cm³/mol. The number of halogens is 1. The Bertz CT molecular complexity index is 829. The van der Waals surface area contributed by atoms with Gasteiger partial charge < -0.3 is 20.2 Å². The molecule has 27 heavy (non-hydrogen) atoms. The van der Waals surface area contributed by atoms with Crippen LogP contribution in [0.25, 0.3) is 0 Å². The maximum Gasteiger partial charge on any atom is 0.407 e. The van der Waals surface area contributed by atoms with Gasteiger partial charge in [-0.15, -0.1) is 0 Å². The number of aliphatic imine (C=N–C) groups is 1. The summed E-state index contributed by atoms with van der Waals surface area (Å²) in [6.45, 7) is 0.311. The van der Waals surface area contributed by atoms with Crippen molar-refractivity contribution in [1.82, 2.24) is 9.80 Å². The van der Waals surface area contributed by atoms with Crippen LogP contribution in [0.2, 0.25) is 0 Å². The first kappa shape index (κ1) is 19.9. The molecule has 2 N–H and O–H groups in total. The summed E-state index contributed by atoms with van der Waals surface area (Å²) >= 11 is 0. The molecule has 1 aliphatic heterocycles. The summed E-state index contributed by atoms with van der Waals surface area (Å²) in [4.78, 5) is 30.1. The minimum absolute atomic E-state index is 0.225. The second kappa shape index (κ2) is 8.80. The van der Waals surface area contributed by atoms with Crippen molar-refractivity contribution in [3.63, 3.8) is 0 Å². The van der Waals surface area contributed by atoms with E-state index in [9.17, 15) is 19.2 Å². The number of carboxylic acid groups (broad SMARTS) is 1. The number of carbonyl (C=O) groups excluding carboxylic acids is 1. The summed E-state index contributed by atoms with van der Waals surface area (Å²) in [6.07, 6.45) is 2.48. The highest BCUT2D eigenvalue weighted by Crippen LogP contribution is 2.24. The van der Waals surface area contributed by atoms with Crippen LogP contribution in [0, 0.1) is 11.3 Å². The van der Waals surface area contributed by atoms with E-state index in [0.29, 0.717) is 25.1 Å². The molecule has 2 rings (SSSR count). The molecule has 0 spiro atoms.